The SMILES string of the molecule is COc1ccc(C)cc1NC(=O)C(Nc1ccc(OC)c(OC(F)F)c1)c1ccccc1. The standard InChI is InChI=1S/C24H24F2N2O4/c1-15-9-11-19(30-2)18(13-15)28-23(29)22(16-7-5-4-6-8-16)27-17-10-12-20(31-3)21(14-17)32-24(25)26/h4-14,22,24,27H,1-3H3,(H,28,29). The molecule has 168 valence electrons. The maximum Gasteiger partial charge on any atom is 0.387 e. The highest BCUT2D eigenvalue weighted by Crippen LogP contribution is 2.33. The van der Waals surface area contributed by atoms with Crippen LogP contribution in [0.25, 0.3) is 0 Å². The van der Waals surface area contributed by atoms with Crippen molar-refractivity contribution in [3.63, 3.8) is 0 Å². The quantitative estimate of drug-likeness (QED) is 0.464. The number of amides is 1. The van der Waals surface area contributed by atoms with Gasteiger partial charge >= 0.3 is 6.61 Å². The third kappa shape index (κ3) is 5.66. The van der Waals surface area contributed by atoms with Gasteiger partial charge in [-0.15, -0.1) is 0 Å². The van der Waals surface area contributed by atoms with Crippen LogP contribution in [-0.2, 0) is 4.79 Å². The van der Waals surface area contributed by atoms with Crippen LogP contribution in [0.3, 0.4) is 0 Å². The van der Waals surface area contributed by atoms with Crippen molar-refractivity contribution in [1.29, 1.82) is 0 Å². The molecular formula is C24H24F2N2O4. The Morgan fingerprint density at radius 1 is 0.875 bits per heavy atom. The maximum atomic E-state index is 13.3. The molecule has 0 radical (unpaired) electrons. The second-order valence-electron chi connectivity index (χ2n) is 6.93. The average molecular weight is 442 g/mol. The van der Waals surface area contributed by atoms with E-state index in [1.165, 1.54) is 26.4 Å². The molecule has 0 bridgehead atoms. The molecule has 8 heteroatoms. The van der Waals surface area contributed by atoms with E-state index >= 15 is 0 Å². The van der Waals surface area contributed by atoms with Crippen LogP contribution in [0.4, 0.5) is 20.2 Å². The number of rotatable bonds is 9. The van der Waals surface area contributed by atoms with Crippen LogP contribution in [0.1, 0.15) is 17.2 Å². The van der Waals surface area contributed by atoms with Gasteiger partial charge in [0.25, 0.3) is 5.91 Å². The summed E-state index contributed by atoms with van der Waals surface area (Å²) in [4.78, 5) is 13.3. The zero-order valence-corrected chi connectivity index (χ0v) is 17.9. The van der Waals surface area contributed by atoms with Gasteiger partial charge in [0, 0.05) is 11.8 Å². The first-order chi connectivity index (χ1) is 15.4. The molecule has 1 atom stereocenters. The highest BCUT2D eigenvalue weighted by Gasteiger charge is 2.23. The number of methoxy groups -OCH3 is 2. The highest BCUT2D eigenvalue weighted by atomic mass is 19.3. The molecule has 1 amide bonds. The Kier molecular flexibility index (Phi) is 7.49. The van der Waals surface area contributed by atoms with Crippen LogP contribution in [0, 0.1) is 6.92 Å². The Morgan fingerprint density at radius 2 is 1.56 bits per heavy atom. The molecule has 0 fully saturated rings. The van der Waals surface area contributed by atoms with Gasteiger partial charge in [-0.25, -0.2) is 0 Å². The van der Waals surface area contributed by atoms with E-state index in [4.69, 9.17) is 9.47 Å². The van der Waals surface area contributed by atoms with E-state index in [2.05, 4.69) is 15.4 Å². The second-order valence-corrected chi connectivity index (χ2v) is 6.93. The smallest absolute Gasteiger partial charge is 0.387 e. The molecule has 2 N–H and O–H groups in total. The first-order valence-corrected chi connectivity index (χ1v) is 9.81. The molecule has 0 heterocycles. The van der Waals surface area contributed by atoms with Crippen molar-refractivity contribution in [2.45, 2.75) is 19.6 Å². The predicted octanol–water partition coefficient (Wildman–Crippen LogP) is 5.41. The van der Waals surface area contributed by atoms with Crippen LogP contribution in [-0.4, -0.2) is 26.7 Å². The summed E-state index contributed by atoms with van der Waals surface area (Å²) in [6, 6.07) is 18.2. The molecule has 0 saturated carbocycles. The minimum Gasteiger partial charge on any atom is -0.495 e. The molecule has 0 spiro atoms. The molecule has 0 saturated heterocycles. The van der Waals surface area contributed by atoms with Gasteiger partial charge in [0.15, 0.2) is 11.5 Å². The van der Waals surface area contributed by atoms with Gasteiger partial charge in [0.05, 0.1) is 19.9 Å². The van der Waals surface area contributed by atoms with E-state index in [9.17, 15) is 13.6 Å². The lowest BCUT2D eigenvalue weighted by Gasteiger charge is -2.22. The number of aryl methyl sites for hydroxylation is 1. The minimum atomic E-state index is -3.01. The largest absolute Gasteiger partial charge is 0.495 e. The van der Waals surface area contributed by atoms with E-state index < -0.39 is 12.7 Å². The average Bonchev–Trinajstić information content (AvgIpc) is 2.78. The van der Waals surface area contributed by atoms with Crippen LogP contribution < -0.4 is 24.8 Å². The zero-order valence-electron chi connectivity index (χ0n) is 17.9. The molecule has 0 aromatic heterocycles. The normalized spacial score (nSPS) is 11.6. The summed E-state index contributed by atoms with van der Waals surface area (Å²) in [6.07, 6.45) is 0. The van der Waals surface area contributed by atoms with Crippen molar-refractivity contribution in [3.8, 4) is 17.2 Å². The molecule has 0 aliphatic rings. The fourth-order valence-electron chi connectivity index (χ4n) is 3.19. The molecule has 1 unspecified atom stereocenters. The van der Waals surface area contributed by atoms with Crippen molar-refractivity contribution in [2.75, 3.05) is 24.9 Å². The lowest BCUT2D eigenvalue weighted by molar-refractivity contribution is -0.117. The fraction of sp³-hybridized carbons (Fsp3) is 0.208. The van der Waals surface area contributed by atoms with Crippen molar-refractivity contribution >= 4 is 17.3 Å². The van der Waals surface area contributed by atoms with Gasteiger partial charge < -0.3 is 24.8 Å². The van der Waals surface area contributed by atoms with E-state index in [0.29, 0.717) is 22.7 Å². The lowest BCUT2D eigenvalue weighted by atomic mass is 10.1. The molecule has 0 aliphatic carbocycles. The molecule has 3 aromatic carbocycles. The van der Waals surface area contributed by atoms with Crippen molar-refractivity contribution in [2.24, 2.45) is 0 Å². The number of hydrogen-bond acceptors (Lipinski definition) is 5. The Balaban J connectivity index is 1.92. The lowest BCUT2D eigenvalue weighted by Crippen LogP contribution is -2.27. The molecule has 6 nitrogen and oxygen atoms in total. The summed E-state index contributed by atoms with van der Waals surface area (Å²) in [6.45, 7) is -1.11. The second kappa shape index (κ2) is 10.5. The van der Waals surface area contributed by atoms with Gasteiger partial charge in [-0.1, -0.05) is 36.4 Å². The van der Waals surface area contributed by atoms with Crippen LogP contribution in [0.5, 0.6) is 17.2 Å². The van der Waals surface area contributed by atoms with E-state index in [-0.39, 0.29) is 17.4 Å². The number of carbonyl (C=O) groups excluding carboxylic acids is 1. The first-order valence-electron chi connectivity index (χ1n) is 9.81. The predicted molar refractivity (Wildman–Crippen MR) is 119 cm³/mol. The number of carbonyl (C=O) groups is 1. The number of anilines is 2. The van der Waals surface area contributed by atoms with Gasteiger partial charge in [0.1, 0.15) is 11.8 Å². The Hall–Kier alpha value is -3.81. The number of nitrogens with one attached hydrogen (secondary N) is 2. The van der Waals surface area contributed by atoms with E-state index in [1.54, 1.807) is 30.3 Å². The molecule has 0 aliphatic heterocycles. The van der Waals surface area contributed by atoms with Gasteiger partial charge in [0.2, 0.25) is 0 Å². The number of halogens is 2. The highest BCUT2D eigenvalue weighted by molar-refractivity contribution is 5.98. The van der Waals surface area contributed by atoms with Crippen LogP contribution in [0.2, 0.25) is 0 Å². The van der Waals surface area contributed by atoms with E-state index in [0.717, 1.165) is 5.56 Å². The molecular weight excluding hydrogens is 418 g/mol. The maximum absolute atomic E-state index is 13.3. The third-order valence-electron chi connectivity index (χ3n) is 4.70. The Bertz CT molecular complexity index is 1060. The summed E-state index contributed by atoms with van der Waals surface area (Å²) in [7, 11) is 2.88. The van der Waals surface area contributed by atoms with E-state index in [1.807, 2.05) is 31.2 Å². The molecule has 3 aromatic rings. The summed E-state index contributed by atoms with van der Waals surface area (Å²) >= 11 is 0. The van der Waals surface area contributed by atoms with Crippen LogP contribution >= 0.6 is 0 Å². The Morgan fingerprint density at radius 3 is 2.22 bits per heavy atom. The van der Waals surface area contributed by atoms with Crippen molar-refractivity contribution < 1.29 is 27.8 Å². The van der Waals surface area contributed by atoms with Gasteiger partial charge in [-0.05, 0) is 42.3 Å². The zero-order chi connectivity index (χ0) is 23.1. The van der Waals surface area contributed by atoms with Gasteiger partial charge in [-0.3, -0.25) is 4.79 Å². The monoisotopic (exact) mass is 442 g/mol. The third-order valence-corrected chi connectivity index (χ3v) is 4.70. The summed E-state index contributed by atoms with van der Waals surface area (Å²) in [5, 5.41) is 5.99. The van der Waals surface area contributed by atoms with Crippen LogP contribution in [0.15, 0.2) is 66.7 Å². The molecule has 3 rings (SSSR count). The minimum absolute atomic E-state index is 0.139. The number of alkyl halides is 2. The topological polar surface area (TPSA) is 68.8 Å². The summed E-state index contributed by atoms with van der Waals surface area (Å²) < 4.78 is 40.6. The number of ether oxygens (including phenoxy) is 3. The summed E-state index contributed by atoms with van der Waals surface area (Å²) in [5.74, 6) is 0.182. The number of benzene rings is 3. The molecule has 32 heavy (non-hydrogen) atoms. The van der Waals surface area contributed by atoms with Crippen molar-refractivity contribution in [3.05, 3.63) is 77.9 Å². The Labute approximate surface area is 185 Å². The number of hydrogen-bond donors (Lipinski definition) is 2. The first kappa shape index (κ1) is 22.9. The van der Waals surface area contributed by atoms with Crippen molar-refractivity contribution in [1.82, 2.24) is 0 Å². The summed E-state index contributed by atoms with van der Waals surface area (Å²) in [5.41, 5.74) is 2.57. The van der Waals surface area contributed by atoms with Gasteiger partial charge in [-0.2, -0.15) is 8.78 Å². The fourth-order valence-corrected chi connectivity index (χ4v) is 3.19.